The van der Waals surface area contributed by atoms with E-state index in [4.69, 9.17) is 4.55 Å². The summed E-state index contributed by atoms with van der Waals surface area (Å²) in [6.07, 6.45) is 0. The van der Waals surface area contributed by atoms with Gasteiger partial charge < -0.3 is 0 Å². The van der Waals surface area contributed by atoms with Crippen LogP contribution in [0.15, 0.2) is 0 Å². The van der Waals surface area contributed by atoms with E-state index in [2.05, 4.69) is 0 Å². The van der Waals surface area contributed by atoms with Crippen molar-refractivity contribution in [2.75, 3.05) is 6.80 Å². The third kappa shape index (κ3) is 2.52. The number of hydrogen-bond donors (Lipinski definition) is 1. The fraction of sp³-hybridized carbons (Fsp3) is 1.00. The van der Waals surface area contributed by atoms with E-state index in [1.54, 1.807) is 0 Å². The molecule has 0 bridgehead atoms. The van der Waals surface area contributed by atoms with Crippen molar-refractivity contribution in [2.24, 2.45) is 0 Å². The van der Waals surface area contributed by atoms with Crippen molar-refractivity contribution < 1.29 is 39.0 Å². The summed E-state index contributed by atoms with van der Waals surface area (Å²) in [4.78, 5) is 0. The summed E-state index contributed by atoms with van der Waals surface area (Å²) in [5.74, 6) is 0. The van der Waals surface area contributed by atoms with Crippen molar-refractivity contribution in [3.63, 3.8) is 0 Å². The van der Waals surface area contributed by atoms with Crippen molar-refractivity contribution in [2.45, 2.75) is 5.51 Å². The molecule has 0 saturated carbocycles. The van der Waals surface area contributed by atoms with Crippen molar-refractivity contribution in [3.8, 4) is 0 Å². The molecule has 0 radical (unpaired) electrons. The molecule has 0 spiro atoms. The van der Waals surface area contributed by atoms with Gasteiger partial charge in [0.15, 0.2) is 6.80 Å². The lowest BCUT2D eigenvalue weighted by Crippen LogP contribution is -2.43. The predicted octanol–water partition coefficient (Wildman–Crippen LogP) is -0.132. The van der Waals surface area contributed by atoms with Gasteiger partial charge >= 0.3 is 25.8 Å². The molecule has 0 aromatic heterocycles. The highest BCUT2D eigenvalue weighted by Gasteiger charge is 2.54. The summed E-state index contributed by atoms with van der Waals surface area (Å²) in [7, 11) is -12.2. The first-order valence-electron chi connectivity index (χ1n) is 2.57. The Morgan fingerprint density at radius 3 is 1.57 bits per heavy atom. The molecule has 0 aliphatic carbocycles. The van der Waals surface area contributed by atoms with E-state index >= 15 is 0 Å². The second-order valence-corrected chi connectivity index (χ2v) is 5.24. The van der Waals surface area contributed by atoms with Gasteiger partial charge in [-0.1, -0.05) is 0 Å². The van der Waals surface area contributed by atoms with Crippen LogP contribution in [0, 0.1) is 0 Å². The van der Waals surface area contributed by atoms with E-state index in [9.17, 15) is 34.4 Å². The molecular formula is C2H3F4NO5S2. The highest BCUT2D eigenvalue weighted by molar-refractivity contribution is 8.02. The molecule has 0 aromatic rings. The van der Waals surface area contributed by atoms with Gasteiger partial charge in [-0.2, -0.15) is 21.6 Å². The summed E-state index contributed by atoms with van der Waals surface area (Å²) in [6, 6.07) is 0. The zero-order valence-corrected chi connectivity index (χ0v) is 7.70. The predicted molar refractivity (Wildman–Crippen MR) is 34.3 cm³/mol. The van der Waals surface area contributed by atoms with Gasteiger partial charge in [0.2, 0.25) is 0 Å². The van der Waals surface area contributed by atoms with Crippen LogP contribution in [0.3, 0.4) is 0 Å². The van der Waals surface area contributed by atoms with Gasteiger partial charge in [-0.3, -0.25) is 4.55 Å². The minimum atomic E-state index is -6.43. The maximum atomic E-state index is 11.7. The summed E-state index contributed by atoms with van der Waals surface area (Å²) in [6.45, 7) is -2.54. The van der Waals surface area contributed by atoms with Crippen molar-refractivity contribution in [1.29, 1.82) is 0 Å². The zero-order chi connectivity index (χ0) is 11.8. The third-order valence-electron chi connectivity index (χ3n) is 0.916. The number of halogens is 4. The standard InChI is InChI=1S/C2H3F4NO5S2/c3-1-7(14(10,11)12)13(8,9)2(4,5)6/h1H2,(H,10,11,12). The van der Waals surface area contributed by atoms with Crippen LogP contribution in [-0.2, 0) is 20.3 Å². The Morgan fingerprint density at radius 2 is 1.50 bits per heavy atom. The van der Waals surface area contributed by atoms with Crippen LogP contribution in [-0.4, -0.2) is 37.4 Å². The topological polar surface area (TPSA) is 91.8 Å². The average Bonchev–Trinajstić information content (AvgIpc) is 1.80. The fourth-order valence-corrected chi connectivity index (χ4v) is 2.09. The van der Waals surface area contributed by atoms with Gasteiger partial charge in [-0.25, -0.2) is 12.8 Å². The van der Waals surface area contributed by atoms with Gasteiger partial charge in [-0.05, 0) is 3.71 Å². The van der Waals surface area contributed by atoms with Crippen molar-refractivity contribution in [3.05, 3.63) is 0 Å². The van der Waals surface area contributed by atoms with Gasteiger partial charge in [0, 0.05) is 0 Å². The summed E-state index contributed by atoms with van der Waals surface area (Å²) in [5, 5.41) is 0. The Morgan fingerprint density at radius 1 is 1.14 bits per heavy atom. The summed E-state index contributed by atoms with van der Waals surface area (Å²) >= 11 is 0. The molecule has 0 aliphatic heterocycles. The monoisotopic (exact) mass is 261 g/mol. The van der Waals surface area contributed by atoms with E-state index in [1.807, 2.05) is 0 Å². The average molecular weight is 261 g/mol. The largest absolute Gasteiger partial charge is 0.512 e. The van der Waals surface area contributed by atoms with E-state index in [1.165, 1.54) is 0 Å². The number of sulfonamides is 1. The molecule has 6 nitrogen and oxygen atoms in total. The molecule has 0 atom stereocenters. The number of rotatable bonds is 3. The lowest BCUT2D eigenvalue weighted by molar-refractivity contribution is -0.0477. The molecule has 0 saturated heterocycles. The van der Waals surface area contributed by atoms with Gasteiger partial charge in [0.25, 0.3) is 0 Å². The van der Waals surface area contributed by atoms with Crippen LogP contribution in [0.1, 0.15) is 0 Å². The minimum absolute atomic E-state index is 1.71. The highest BCUT2D eigenvalue weighted by atomic mass is 32.3. The summed E-state index contributed by atoms with van der Waals surface area (Å²) < 4.78 is 93.4. The summed E-state index contributed by atoms with van der Waals surface area (Å²) in [5.41, 5.74) is -6.01. The van der Waals surface area contributed by atoms with Crippen LogP contribution in [0.5, 0.6) is 0 Å². The van der Waals surface area contributed by atoms with Crippen LogP contribution in [0.4, 0.5) is 17.6 Å². The zero-order valence-electron chi connectivity index (χ0n) is 6.06. The Bertz CT molecular complexity index is 394. The van der Waals surface area contributed by atoms with Gasteiger partial charge in [-0.15, -0.1) is 0 Å². The van der Waals surface area contributed by atoms with Crippen LogP contribution < -0.4 is 0 Å². The van der Waals surface area contributed by atoms with Crippen molar-refractivity contribution in [1.82, 2.24) is 3.71 Å². The second-order valence-electron chi connectivity index (χ2n) is 1.82. The molecule has 0 aliphatic rings. The van der Waals surface area contributed by atoms with Crippen LogP contribution >= 0.6 is 0 Å². The quantitative estimate of drug-likeness (QED) is 0.434. The molecule has 0 unspecified atom stereocenters. The molecule has 12 heteroatoms. The molecular weight excluding hydrogens is 258 g/mol. The Hall–Kier alpha value is -0.460. The number of hydrogen-bond acceptors (Lipinski definition) is 4. The molecule has 86 valence electrons. The molecule has 14 heavy (non-hydrogen) atoms. The number of nitrogens with zero attached hydrogens (tertiary/aromatic N) is 1. The number of alkyl halides is 4. The Kier molecular flexibility index (Phi) is 3.48. The minimum Gasteiger partial charge on any atom is -0.272 e. The molecule has 0 amide bonds. The lowest BCUT2D eigenvalue weighted by atomic mass is 11.5. The SMILES string of the molecule is O=S(=O)(O)N(CF)S(=O)(=O)C(F)(F)F. The Labute approximate surface area is 76.1 Å². The fourth-order valence-electron chi connectivity index (χ4n) is 0.365. The van der Waals surface area contributed by atoms with Gasteiger partial charge in [0.05, 0.1) is 0 Å². The first-order chi connectivity index (χ1) is 5.94. The molecule has 1 N–H and O–H groups in total. The van der Waals surface area contributed by atoms with Crippen LogP contribution in [0.2, 0.25) is 0 Å². The molecule has 0 aromatic carbocycles. The lowest BCUT2D eigenvalue weighted by Gasteiger charge is -2.16. The smallest absolute Gasteiger partial charge is 0.272 e. The highest BCUT2D eigenvalue weighted by Crippen LogP contribution is 2.28. The first kappa shape index (κ1) is 13.5. The molecule has 0 rings (SSSR count). The maximum absolute atomic E-state index is 11.7. The molecule has 0 fully saturated rings. The second kappa shape index (κ2) is 3.60. The van der Waals surface area contributed by atoms with E-state index in [0.717, 1.165) is 0 Å². The van der Waals surface area contributed by atoms with E-state index in [-0.39, 0.29) is 0 Å². The Balaban J connectivity index is 5.52. The van der Waals surface area contributed by atoms with E-state index in [0.29, 0.717) is 0 Å². The van der Waals surface area contributed by atoms with Crippen molar-refractivity contribution >= 4 is 20.3 Å². The first-order valence-corrected chi connectivity index (χ1v) is 5.41. The molecule has 0 heterocycles. The van der Waals surface area contributed by atoms with E-state index < -0.39 is 36.3 Å². The van der Waals surface area contributed by atoms with Crippen LogP contribution in [0.25, 0.3) is 0 Å². The maximum Gasteiger partial charge on any atom is 0.512 e. The third-order valence-corrected chi connectivity index (χ3v) is 3.90. The van der Waals surface area contributed by atoms with Gasteiger partial charge in [0.1, 0.15) is 0 Å². The normalized spacial score (nSPS) is 14.7.